The Morgan fingerprint density at radius 2 is 1.53 bits per heavy atom. The van der Waals surface area contributed by atoms with Gasteiger partial charge in [-0.1, -0.05) is 82.7 Å². The van der Waals surface area contributed by atoms with Gasteiger partial charge in [0, 0.05) is 23.1 Å². The van der Waals surface area contributed by atoms with Gasteiger partial charge in [0.1, 0.15) is 0 Å². The fraction of sp³-hybridized carbons (Fsp3) is 0.250. The van der Waals surface area contributed by atoms with Crippen LogP contribution in [0.2, 0.25) is 0 Å². The number of fused-ring (bicyclic) bond motifs is 1. The fourth-order valence-electron chi connectivity index (χ4n) is 5.44. The Balaban J connectivity index is 1.70. The number of imide groups is 1. The standard InChI is InChI=1S/C28H25BrN2O3/c1-2-30-25(32)16-23(26(30)33)28(17-19-9-5-3-6-10-19)22-14-13-21(29)15-24(22)31(27(28)34)18-20-11-7-4-8-12-20/h3-15,23H,2,16-18H2,1H3/t23-,28+/m0/s1. The summed E-state index contributed by atoms with van der Waals surface area (Å²) in [5, 5.41) is 0. The largest absolute Gasteiger partial charge is 0.307 e. The van der Waals surface area contributed by atoms with E-state index in [0.717, 1.165) is 26.9 Å². The summed E-state index contributed by atoms with van der Waals surface area (Å²) in [4.78, 5) is 43.9. The number of hydrogen-bond donors (Lipinski definition) is 0. The van der Waals surface area contributed by atoms with E-state index in [4.69, 9.17) is 0 Å². The van der Waals surface area contributed by atoms with Gasteiger partial charge in [-0.3, -0.25) is 19.3 Å². The van der Waals surface area contributed by atoms with Gasteiger partial charge in [-0.15, -0.1) is 0 Å². The van der Waals surface area contributed by atoms with E-state index in [1.54, 1.807) is 11.8 Å². The number of carbonyl (C=O) groups is 3. The molecule has 2 atom stereocenters. The summed E-state index contributed by atoms with van der Waals surface area (Å²) in [6.07, 6.45) is 0.397. The van der Waals surface area contributed by atoms with Crippen LogP contribution in [0.4, 0.5) is 5.69 Å². The summed E-state index contributed by atoms with van der Waals surface area (Å²) in [6, 6.07) is 25.4. The summed E-state index contributed by atoms with van der Waals surface area (Å²) in [7, 11) is 0. The maximum Gasteiger partial charge on any atom is 0.239 e. The van der Waals surface area contributed by atoms with Crippen molar-refractivity contribution in [1.82, 2.24) is 4.90 Å². The second-order valence-electron chi connectivity index (χ2n) is 8.91. The molecule has 1 fully saturated rings. The van der Waals surface area contributed by atoms with Crippen molar-refractivity contribution in [3.05, 3.63) is 100 Å². The molecule has 0 radical (unpaired) electrons. The summed E-state index contributed by atoms with van der Waals surface area (Å²) in [5.74, 6) is -1.34. The highest BCUT2D eigenvalue weighted by Gasteiger charge is 2.61. The van der Waals surface area contributed by atoms with E-state index in [-0.39, 0.29) is 24.1 Å². The molecule has 0 aliphatic carbocycles. The van der Waals surface area contributed by atoms with Gasteiger partial charge >= 0.3 is 0 Å². The van der Waals surface area contributed by atoms with E-state index >= 15 is 0 Å². The minimum atomic E-state index is -1.15. The minimum Gasteiger partial charge on any atom is -0.307 e. The monoisotopic (exact) mass is 516 g/mol. The summed E-state index contributed by atoms with van der Waals surface area (Å²) >= 11 is 3.56. The molecule has 5 nitrogen and oxygen atoms in total. The van der Waals surface area contributed by atoms with Crippen LogP contribution in [0.1, 0.15) is 30.0 Å². The summed E-state index contributed by atoms with van der Waals surface area (Å²) in [6.45, 7) is 2.50. The average molecular weight is 517 g/mol. The number of halogens is 1. The molecule has 2 aliphatic rings. The number of nitrogens with zero attached hydrogens (tertiary/aromatic N) is 2. The van der Waals surface area contributed by atoms with Crippen LogP contribution in [-0.4, -0.2) is 29.2 Å². The van der Waals surface area contributed by atoms with Gasteiger partial charge in [0.15, 0.2) is 0 Å². The molecule has 172 valence electrons. The molecule has 34 heavy (non-hydrogen) atoms. The Bertz CT molecular complexity index is 1260. The summed E-state index contributed by atoms with van der Waals surface area (Å²) in [5.41, 5.74) is 2.41. The molecule has 3 amide bonds. The zero-order valence-corrected chi connectivity index (χ0v) is 20.5. The molecule has 5 rings (SSSR count). The van der Waals surface area contributed by atoms with Crippen molar-refractivity contribution in [3.63, 3.8) is 0 Å². The molecule has 0 unspecified atom stereocenters. The maximum absolute atomic E-state index is 14.5. The number of carbonyl (C=O) groups excluding carboxylic acids is 3. The Kier molecular flexibility index (Phi) is 5.86. The molecule has 0 aromatic heterocycles. The van der Waals surface area contributed by atoms with Crippen LogP contribution < -0.4 is 4.90 Å². The van der Waals surface area contributed by atoms with E-state index in [1.165, 1.54) is 4.90 Å². The second-order valence-corrected chi connectivity index (χ2v) is 9.82. The third kappa shape index (κ3) is 3.57. The zero-order chi connectivity index (χ0) is 23.9. The molecule has 0 bridgehead atoms. The fourth-order valence-corrected chi connectivity index (χ4v) is 5.79. The zero-order valence-electron chi connectivity index (χ0n) is 18.9. The van der Waals surface area contributed by atoms with Crippen LogP contribution in [0.5, 0.6) is 0 Å². The first-order valence-corrected chi connectivity index (χ1v) is 12.3. The van der Waals surface area contributed by atoms with Gasteiger partial charge in [-0.05, 0) is 42.2 Å². The van der Waals surface area contributed by atoms with Gasteiger partial charge in [-0.25, -0.2) is 0 Å². The minimum absolute atomic E-state index is 0.0416. The van der Waals surface area contributed by atoms with Crippen molar-refractivity contribution >= 4 is 39.3 Å². The van der Waals surface area contributed by atoms with E-state index in [1.807, 2.05) is 78.9 Å². The molecule has 0 N–H and O–H groups in total. The Morgan fingerprint density at radius 3 is 2.15 bits per heavy atom. The van der Waals surface area contributed by atoms with Crippen molar-refractivity contribution in [2.45, 2.75) is 31.7 Å². The molecular weight excluding hydrogens is 492 g/mol. The number of hydrogen-bond acceptors (Lipinski definition) is 3. The molecule has 0 saturated carbocycles. The lowest BCUT2D eigenvalue weighted by Gasteiger charge is -2.33. The van der Waals surface area contributed by atoms with E-state index in [2.05, 4.69) is 15.9 Å². The van der Waals surface area contributed by atoms with E-state index < -0.39 is 11.3 Å². The topological polar surface area (TPSA) is 57.7 Å². The van der Waals surface area contributed by atoms with Crippen LogP contribution in [0.15, 0.2) is 83.3 Å². The SMILES string of the molecule is CCN1C(=O)C[C@H]([C@]2(Cc3ccccc3)C(=O)N(Cc3ccccc3)c3cc(Br)ccc32)C1=O. The third-order valence-corrected chi connectivity index (χ3v) is 7.52. The predicted octanol–water partition coefficient (Wildman–Crippen LogP) is 4.87. The molecule has 3 aromatic rings. The molecule has 0 spiro atoms. The molecule has 1 saturated heterocycles. The number of likely N-dealkylation sites (tertiary alicyclic amines) is 1. The normalized spacial score (nSPS) is 21.9. The van der Waals surface area contributed by atoms with Gasteiger partial charge < -0.3 is 4.90 Å². The Hall–Kier alpha value is -3.25. The van der Waals surface area contributed by atoms with Gasteiger partial charge in [0.25, 0.3) is 0 Å². The highest BCUT2D eigenvalue weighted by Crippen LogP contribution is 2.52. The molecule has 3 aromatic carbocycles. The molecule has 6 heteroatoms. The van der Waals surface area contributed by atoms with Gasteiger partial charge in [0.2, 0.25) is 17.7 Å². The van der Waals surface area contributed by atoms with Crippen LogP contribution in [-0.2, 0) is 32.8 Å². The number of benzene rings is 3. The second kappa shape index (κ2) is 8.84. The molecule has 2 aliphatic heterocycles. The molecule has 2 heterocycles. The van der Waals surface area contributed by atoms with Crippen molar-refractivity contribution in [2.75, 3.05) is 11.4 Å². The summed E-state index contributed by atoms with van der Waals surface area (Å²) < 4.78 is 0.858. The lowest BCUT2D eigenvalue weighted by Crippen LogP contribution is -2.49. The van der Waals surface area contributed by atoms with Crippen molar-refractivity contribution in [2.24, 2.45) is 5.92 Å². The van der Waals surface area contributed by atoms with Crippen LogP contribution >= 0.6 is 15.9 Å². The first kappa shape index (κ1) is 22.5. The van der Waals surface area contributed by atoms with E-state index in [9.17, 15) is 14.4 Å². The third-order valence-electron chi connectivity index (χ3n) is 7.02. The number of amides is 3. The Morgan fingerprint density at radius 1 is 0.882 bits per heavy atom. The molecular formula is C28H25BrN2O3. The van der Waals surface area contributed by atoms with Crippen molar-refractivity contribution in [1.29, 1.82) is 0 Å². The smallest absolute Gasteiger partial charge is 0.239 e. The lowest BCUT2D eigenvalue weighted by atomic mass is 9.66. The number of rotatable bonds is 6. The number of anilines is 1. The highest BCUT2D eigenvalue weighted by molar-refractivity contribution is 9.10. The first-order valence-electron chi connectivity index (χ1n) is 11.5. The Labute approximate surface area is 207 Å². The van der Waals surface area contributed by atoms with Gasteiger partial charge in [0.05, 0.1) is 17.9 Å². The lowest BCUT2D eigenvalue weighted by molar-refractivity contribution is -0.141. The highest BCUT2D eigenvalue weighted by atomic mass is 79.9. The predicted molar refractivity (Wildman–Crippen MR) is 134 cm³/mol. The average Bonchev–Trinajstić information content (AvgIpc) is 3.26. The van der Waals surface area contributed by atoms with Crippen molar-refractivity contribution < 1.29 is 14.4 Å². The van der Waals surface area contributed by atoms with Gasteiger partial charge in [-0.2, -0.15) is 0 Å². The van der Waals surface area contributed by atoms with Crippen LogP contribution in [0.25, 0.3) is 0 Å². The quantitative estimate of drug-likeness (QED) is 0.439. The first-order chi connectivity index (χ1) is 16.5. The maximum atomic E-state index is 14.5. The van der Waals surface area contributed by atoms with Crippen LogP contribution in [0, 0.1) is 5.92 Å². The van der Waals surface area contributed by atoms with Crippen molar-refractivity contribution in [3.8, 4) is 0 Å². The van der Waals surface area contributed by atoms with E-state index in [0.29, 0.717) is 19.5 Å². The van der Waals surface area contributed by atoms with Crippen LogP contribution in [0.3, 0.4) is 0 Å².